The van der Waals surface area contributed by atoms with Gasteiger partial charge in [0.15, 0.2) is 0 Å². The van der Waals surface area contributed by atoms with Gasteiger partial charge in [-0.05, 0) is 18.6 Å². The Morgan fingerprint density at radius 1 is 1.28 bits per heavy atom. The number of carbonyl (C=O) groups excluding carboxylic acids is 1. The van der Waals surface area contributed by atoms with Crippen molar-refractivity contribution < 1.29 is 4.79 Å². The number of benzene rings is 1. The van der Waals surface area contributed by atoms with Crippen molar-refractivity contribution in [2.75, 3.05) is 0 Å². The fourth-order valence-electron chi connectivity index (χ4n) is 1.42. The molecule has 0 fully saturated rings. The van der Waals surface area contributed by atoms with E-state index in [4.69, 9.17) is 11.6 Å². The second-order valence-electron chi connectivity index (χ2n) is 3.82. The Kier molecular flexibility index (Phi) is 3.89. The molecule has 0 atom stereocenters. The second-order valence-corrected chi connectivity index (χ2v) is 4.22. The van der Waals surface area contributed by atoms with Gasteiger partial charge in [0.1, 0.15) is 5.69 Å². The Balaban J connectivity index is 2.01. The van der Waals surface area contributed by atoms with Gasteiger partial charge in [0.25, 0.3) is 5.91 Å². The largest absolute Gasteiger partial charge is 0.347 e. The molecule has 1 amide bonds. The summed E-state index contributed by atoms with van der Waals surface area (Å²) < 4.78 is 0. The summed E-state index contributed by atoms with van der Waals surface area (Å²) in [6.07, 6.45) is 3.02. The van der Waals surface area contributed by atoms with E-state index in [1.807, 2.05) is 25.1 Å². The average Bonchev–Trinajstić information content (AvgIpc) is 2.38. The van der Waals surface area contributed by atoms with E-state index in [0.29, 0.717) is 17.3 Å². The van der Waals surface area contributed by atoms with Crippen LogP contribution in [0.4, 0.5) is 0 Å². The third kappa shape index (κ3) is 3.05. The highest BCUT2D eigenvalue weighted by atomic mass is 35.5. The Labute approximate surface area is 110 Å². The highest BCUT2D eigenvalue weighted by molar-refractivity contribution is 6.31. The Bertz CT molecular complexity index is 554. The van der Waals surface area contributed by atoms with Crippen LogP contribution in [0.15, 0.2) is 36.7 Å². The van der Waals surface area contributed by atoms with Gasteiger partial charge in [-0.1, -0.05) is 29.8 Å². The molecule has 1 N–H and O–H groups in total. The number of aromatic nitrogens is 2. The molecule has 1 heterocycles. The third-order valence-corrected chi connectivity index (χ3v) is 2.78. The molecular formula is C13H12ClN3O. The van der Waals surface area contributed by atoms with Gasteiger partial charge in [0.05, 0.1) is 11.9 Å². The summed E-state index contributed by atoms with van der Waals surface area (Å²) in [6, 6.07) is 7.37. The fraction of sp³-hybridized carbons (Fsp3) is 0.154. The number of rotatable bonds is 3. The predicted octanol–water partition coefficient (Wildman–Crippen LogP) is 2.37. The van der Waals surface area contributed by atoms with Crippen LogP contribution < -0.4 is 5.32 Å². The molecular weight excluding hydrogens is 250 g/mol. The quantitative estimate of drug-likeness (QED) is 0.923. The van der Waals surface area contributed by atoms with Crippen LogP contribution in [0.25, 0.3) is 0 Å². The molecule has 4 nitrogen and oxygen atoms in total. The lowest BCUT2D eigenvalue weighted by Gasteiger charge is -2.06. The van der Waals surface area contributed by atoms with Crippen molar-refractivity contribution in [3.8, 4) is 0 Å². The van der Waals surface area contributed by atoms with E-state index in [1.165, 1.54) is 6.20 Å². The summed E-state index contributed by atoms with van der Waals surface area (Å²) in [5.74, 6) is -0.262. The summed E-state index contributed by atoms with van der Waals surface area (Å²) in [7, 11) is 0. The van der Waals surface area contributed by atoms with Gasteiger partial charge < -0.3 is 5.32 Å². The smallest absolute Gasteiger partial charge is 0.271 e. The van der Waals surface area contributed by atoms with Gasteiger partial charge in [-0.3, -0.25) is 9.78 Å². The zero-order chi connectivity index (χ0) is 13.0. The molecule has 1 aromatic carbocycles. The molecule has 1 aromatic heterocycles. The lowest BCUT2D eigenvalue weighted by atomic mass is 10.2. The monoisotopic (exact) mass is 261 g/mol. The van der Waals surface area contributed by atoms with E-state index in [2.05, 4.69) is 15.3 Å². The molecule has 0 aliphatic rings. The normalized spacial score (nSPS) is 10.1. The van der Waals surface area contributed by atoms with Gasteiger partial charge in [-0.15, -0.1) is 0 Å². The summed E-state index contributed by atoms with van der Waals surface area (Å²) in [6.45, 7) is 2.19. The maximum Gasteiger partial charge on any atom is 0.271 e. The van der Waals surface area contributed by atoms with Crippen LogP contribution in [0.5, 0.6) is 0 Å². The molecule has 18 heavy (non-hydrogen) atoms. The molecule has 92 valence electrons. The van der Waals surface area contributed by atoms with E-state index in [0.717, 1.165) is 11.3 Å². The van der Waals surface area contributed by atoms with Crippen molar-refractivity contribution in [3.05, 3.63) is 58.6 Å². The first-order chi connectivity index (χ1) is 8.66. The Hall–Kier alpha value is -1.94. The third-order valence-electron chi connectivity index (χ3n) is 2.41. The van der Waals surface area contributed by atoms with Crippen LogP contribution in [0.1, 0.15) is 21.7 Å². The van der Waals surface area contributed by atoms with Gasteiger partial charge in [-0.2, -0.15) is 0 Å². The first-order valence-electron chi connectivity index (χ1n) is 5.47. The van der Waals surface area contributed by atoms with Crippen molar-refractivity contribution >= 4 is 17.5 Å². The minimum atomic E-state index is -0.262. The summed E-state index contributed by atoms with van der Waals surface area (Å²) in [5.41, 5.74) is 1.94. The van der Waals surface area contributed by atoms with Crippen LogP contribution in [-0.2, 0) is 6.54 Å². The number of hydrogen-bond acceptors (Lipinski definition) is 3. The van der Waals surface area contributed by atoms with E-state index in [-0.39, 0.29) is 5.91 Å². The molecule has 5 heteroatoms. The van der Waals surface area contributed by atoms with Crippen LogP contribution in [-0.4, -0.2) is 15.9 Å². The van der Waals surface area contributed by atoms with Gasteiger partial charge in [0.2, 0.25) is 0 Å². The lowest BCUT2D eigenvalue weighted by Crippen LogP contribution is -2.24. The topological polar surface area (TPSA) is 54.9 Å². The number of halogens is 1. The van der Waals surface area contributed by atoms with Crippen molar-refractivity contribution in [1.82, 2.24) is 15.3 Å². The number of carbonyl (C=O) groups is 1. The van der Waals surface area contributed by atoms with E-state index in [9.17, 15) is 4.79 Å². The first kappa shape index (κ1) is 12.5. The second kappa shape index (κ2) is 5.60. The van der Waals surface area contributed by atoms with Gasteiger partial charge in [0, 0.05) is 17.8 Å². The van der Waals surface area contributed by atoms with Crippen LogP contribution in [0.2, 0.25) is 5.02 Å². The highest BCUT2D eigenvalue weighted by Gasteiger charge is 2.07. The summed E-state index contributed by atoms with van der Waals surface area (Å²) in [4.78, 5) is 19.8. The van der Waals surface area contributed by atoms with Crippen LogP contribution in [0.3, 0.4) is 0 Å². The number of nitrogens with zero attached hydrogens (tertiary/aromatic N) is 2. The molecule has 2 rings (SSSR count). The molecule has 0 aliphatic heterocycles. The van der Waals surface area contributed by atoms with Gasteiger partial charge >= 0.3 is 0 Å². The molecule has 0 unspecified atom stereocenters. The van der Waals surface area contributed by atoms with Crippen molar-refractivity contribution in [2.24, 2.45) is 0 Å². The first-order valence-corrected chi connectivity index (χ1v) is 5.85. The fourth-order valence-corrected chi connectivity index (χ4v) is 1.62. The number of hydrogen-bond donors (Lipinski definition) is 1. The van der Waals surface area contributed by atoms with Crippen LogP contribution in [0, 0.1) is 6.92 Å². The van der Waals surface area contributed by atoms with E-state index in [1.54, 1.807) is 12.3 Å². The molecule has 0 saturated carbocycles. The maximum atomic E-state index is 11.8. The van der Waals surface area contributed by atoms with E-state index < -0.39 is 0 Å². The predicted molar refractivity (Wildman–Crippen MR) is 69.4 cm³/mol. The molecule has 0 bridgehead atoms. The van der Waals surface area contributed by atoms with Crippen LogP contribution >= 0.6 is 11.6 Å². The van der Waals surface area contributed by atoms with Crippen molar-refractivity contribution in [3.63, 3.8) is 0 Å². The zero-order valence-corrected chi connectivity index (χ0v) is 10.6. The Morgan fingerprint density at radius 2 is 2.06 bits per heavy atom. The molecule has 2 aromatic rings. The number of nitrogens with one attached hydrogen (secondary N) is 1. The van der Waals surface area contributed by atoms with Crippen molar-refractivity contribution in [1.29, 1.82) is 0 Å². The number of aryl methyl sites for hydroxylation is 1. The molecule has 0 spiro atoms. The van der Waals surface area contributed by atoms with E-state index >= 15 is 0 Å². The molecule has 0 saturated heterocycles. The maximum absolute atomic E-state index is 11.8. The highest BCUT2D eigenvalue weighted by Crippen LogP contribution is 2.14. The summed E-state index contributed by atoms with van der Waals surface area (Å²) in [5, 5.41) is 3.38. The Morgan fingerprint density at radius 3 is 2.72 bits per heavy atom. The minimum Gasteiger partial charge on any atom is -0.347 e. The minimum absolute atomic E-state index is 0.262. The molecule has 0 aliphatic carbocycles. The zero-order valence-electron chi connectivity index (χ0n) is 9.85. The molecule has 0 radical (unpaired) electrons. The SMILES string of the molecule is Cc1cnc(C(=O)NCc2ccccc2Cl)cn1. The van der Waals surface area contributed by atoms with Gasteiger partial charge in [-0.25, -0.2) is 4.98 Å². The summed E-state index contributed by atoms with van der Waals surface area (Å²) >= 11 is 6.00. The standard InChI is InChI=1S/C13H12ClN3O/c1-9-6-16-12(8-15-9)13(18)17-7-10-4-2-3-5-11(10)14/h2-6,8H,7H2,1H3,(H,17,18). The van der Waals surface area contributed by atoms with Crippen molar-refractivity contribution in [2.45, 2.75) is 13.5 Å². The number of amides is 1. The average molecular weight is 262 g/mol. The lowest BCUT2D eigenvalue weighted by molar-refractivity contribution is 0.0945.